The smallest absolute Gasteiger partial charge is 0.306 e. The second-order valence-corrected chi connectivity index (χ2v) is 24.5. The molecular formula is C74H138O6. The molecule has 0 aromatic heterocycles. The second-order valence-electron chi connectivity index (χ2n) is 24.5. The van der Waals surface area contributed by atoms with Gasteiger partial charge < -0.3 is 14.2 Å². The Hall–Kier alpha value is -2.37. The molecular weight excluding hydrogens is 985 g/mol. The van der Waals surface area contributed by atoms with Crippen LogP contribution in [-0.2, 0) is 28.6 Å². The van der Waals surface area contributed by atoms with Gasteiger partial charge in [0.15, 0.2) is 6.10 Å². The van der Waals surface area contributed by atoms with E-state index in [0.29, 0.717) is 19.3 Å². The van der Waals surface area contributed by atoms with Gasteiger partial charge in [0.25, 0.3) is 0 Å². The molecule has 0 aliphatic rings. The highest BCUT2D eigenvalue weighted by Gasteiger charge is 2.19. The number of carbonyl (C=O) groups excluding carboxylic acids is 3. The van der Waals surface area contributed by atoms with Crippen molar-refractivity contribution in [2.24, 2.45) is 0 Å². The molecule has 0 radical (unpaired) electrons. The van der Waals surface area contributed by atoms with Crippen LogP contribution in [0.3, 0.4) is 0 Å². The molecule has 0 bridgehead atoms. The molecule has 0 saturated carbocycles. The lowest BCUT2D eigenvalue weighted by molar-refractivity contribution is -0.167. The predicted octanol–water partition coefficient (Wildman–Crippen LogP) is 24.7. The maximum atomic E-state index is 13.0. The predicted molar refractivity (Wildman–Crippen MR) is 349 cm³/mol. The highest BCUT2D eigenvalue weighted by molar-refractivity contribution is 5.71. The van der Waals surface area contributed by atoms with Gasteiger partial charge in [-0.05, 0) is 77.0 Å². The van der Waals surface area contributed by atoms with E-state index in [1.54, 1.807) is 0 Å². The SMILES string of the molecule is CCCCC/C=C\C/C=C\CCCCCCCCCCCC(=O)OC(COC(=O)CCCCCCCCC/C=C\CCCCCCCCC)COC(=O)CCCCCCCCCCCCCCCCCCCCCCCCCCC. The molecule has 0 amide bonds. The molecule has 0 aromatic rings. The van der Waals surface area contributed by atoms with Crippen LogP contribution in [-0.4, -0.2) is 37.2 Å². The third kappa shape index (κ3) is 66.4. The lowest BCUT2D eigenvalue weighted by Crippen LogP contribution is -2.30. The third-order valence-electron chi connectivity index (χ3n) is 16.4. The van der Waals surface area contributed by atoms with Crippen molar-refractivity contribution in [1.29, 1.82) is 0 Å². The Labute approximate surface area is 499 Å². The van der Waals surface area contributed by atoms with Gasteiger partial charge in [0, 0.05) is 19.3 Å². The van der Waals surface area contributed by atoms with Gasteiger partial charge in [0.1, 0.15) is 13.2 Å². The fourth-order valence-corrected chi connectivity index (χ4v) is 10.9. The van der Waals surface area contributed by atoms with E-state index in [4.69, 9.17) is 14.2 Å². The molecule has 0 N–H and O–H groups in total. The normalized spacial score (nSPS) is 12.2. The largest absolute Gasteiger partial charge is 0.462 e. The van der Waals surface area contributed by atoms with Gasteiger partial charge in [-0.3, -0.25) is 14.4 Å². The number of allylic oxidation sites excluding steroid dienone is 6. The fourth-order valence-electron chi connectivity index (χ4n) is 10.9. The first kappa shape index (κ1) is 77.6. The Morgan fingerprint density at radius 1 is 0.250 bits per heavy atom. The van der Waals surface area contributed by atoms with Crippen molar-refractivity contribution < 1.29 is 28.6 Å². The summed E-state index contributed by atoms with van der Waals surface area (Å²) in [4.78, 5) is 38.5. The van der Waals surface area contributed by atoms with Crippen LogP contribution >= 0.6 is 0 Å². The molecule has 0 saturated heterocycles. The molecule has 6 heteroatoms. The Morgan fingerprint density at radius 2 is 0.450 bits per heavy atom. The van der Waals surface area contributed by atoms with Crippen LogP contribution in [0.25, 0.3) is 0 Å². The van der Waals surface area contributed by atoms with E-state index in [9.17, 15) is 14.4 Å². The molecule has 1 unspecified atom stereocenters. The number of esters is 3. The molecule has 0 fully saturated rings. The average molecular weight is 1120 g/mol. The maximum absolute atomic E-state index is 13.0. The minimum absolute atomic E-state index is 0.0703. The van der Waals surface area contributed by atoms with Crippen LogP contribution in [0, 0.1) is 0 Å². The van der Waals surface area contributed by atoms with Gasteiger partial charge in [-0.2, -0.15) is 0 Å². The van der Waals surface area contributed by atoms with E-state index < -0.39 is 6.10 Å². The Kier molecular flexibility index (Phi) is 67.1. The van der Waals surface area contributed by atoms with Gasteiger partial charge in [0.05, 0.1) is 0 Å². The third-order valence-corrected chi connectivity index (χ3v) is 16.4. The first-order valence-corrected chi connectivity index (χ1v) is 36.0. The van der Waals surface area contributed by atoms with Crippen molar-refractivity contribution in [2.45, 2.75) is 406 Å². The summed E-state index contributed by atoms with van der Waals surface area (Å²) in [6.07, 6.45) is 86.0. The number of ether oxygens (including phenoxy) is 3. The number of hydrogen-bond acceptors (Lipinski definition) is 6. The van der Waals surface area contributed by atoms with Crippen molar-refractivity contribution in [3.63, 3.8) is 0 Å². The molecule has 470 valence electrons. The summed E-state index contributed by atoms with van der Waals surface area (Å²) in [5.74, 6) is -0.849. The minimum atomic E-state index is -0.776. The van der Waals surface area contributed by atoms with E-state index in [1.807, 2.05) is 0 Å². The first-order valence-electron chi connectivity index (χ1n) is 36.0. The molecule has 1 atom stereocenters. The van der Waals surface area contributed by atoms with E-state index in [0.717, 1.165) is 64.2 Å². The zero-order valence-electron chi connectivity index (χ0n) is 54.1. The highest BCUT2D eigenvalue weighted by Crippen LogP contribution is 2.19. The number of rotatable bonds is 67. The van der Waals surface area contributed by atoms with E-state index in [-0.39, 0.29) is 31.1 Å². The maximum Gasteiger partial charge on any atom is 0.306 e. The molecule has 0 aliphatic carbocycles. The van der Waals surface area contributed by atoms with Crippen molar-refractivity contribution in [3.05, 3.63) is 36.5 Å². The van der Waals surface area contributed by atoms with Crippen LogP contribution in [0.1, 0.15) is 400 Å². The van der Waals surface area contributed by atoms with Crippen LogP contribution in [0.5, 0.6) is 0 Å². The first-order chi connectivity index (χ1) is 39.5. The highest BCUT2D eigenvalue weighted by atomic mass is 16.6. The van der Waals surface area contributed by atoms with E-state index in [1.165, 1.54) is 295 Å². The lowest BCUT2D eigenvalue weighted by atomic mass is 10.0. The Bertz CT molecular complexity index is 1340. The zero-order chi connectivity index (χ0) is 57.8. The van der Waals surface area contributed by atoms with Crippen LogP contribution in [0.2, 0.25) is 0 Å². The summed E-state index contributed by atoms with van der Waals surface area (Å²) in [6, 6.07) is 0. The molecule has 80 heavy (non-hydrogen) atoms. The number of hydrogen-bond donors (Lipinski definition) is 0. The van der Waals surface area contributed by atoms with Crippen LogP contribution in [0.15, 0.2) is 36.5 Å². The Balaban J connectivity index is 4.28. The zero-order valence-corrected chi connectivity index (χ0v) is 54.1. The van der Waals surface area contributed by atoms with Gasteiger partial charge >= 0.3 is 17.9 Å². The molecule has 6 nitrogen and oxygen atoms in total. The van der Waals surface area contributed by atoms with Crippen LogP contribution < -0.4 is 0 Å². The number of unbranched alkanes of at least 4 members (excludes halogenated alkanes) is 50. The minimum Gasteiger partial charge on any atom is -0.462 e. The van der Waals surface area contributed by atoms with Gasteiger partial charge in [-0.1, -0.05) is 340 Å². The van der Waals surface area contributed by atoms with Crippen molar-refractivity contribution in [1.82, 2.24) is 0 Å². The van der Waals surface area contributed by atoms with Gasteiger partial charge in [0.2, 0.25) is 0 Å². The molecule has 0 aromatic carbocycles. The lowest BCUT2D eigenvalue weighted by Gasteiger charge is -2.18. The topological polar surface area (TPSA) is 78.9 Å². The average Bonchev–Trinajstić information content (AvgIpc) is 3.46. The van der Waals surface area contributed by atoms with Crippen molar-refractivity contribution in [3.8, 4) is 0 Å². The summed E-state index contributed by atoms with van der Waals surface area (Å²) in [5, 5.41) is 0. The van der Waals surface area contributed by atoms with Crippen molar-refractivity contribution in [2.75, 3.05) is 13.2 Å². The molecule has 0 spiro atoms. The molecule has 0 heterocycles. The quantitative estimate of drug-likeness (QED) is 0.0261. The van der Waals surface area contributed by atoms with Crippen molar-refractivity contribution >= 4 is 17.9 Å². The monoisotopic (exact) mass is 1120 g/mol. The summed E-state index contributed by atoms with van der Waals surface area (Å²) >= 11 is 0. The van der Waals surface area contributed by atoms with Gasteiger partial charge in [-0.15, -0.1) is 0 Å². The molecule has 0 aliphatic heterocycles. The standard InChI is InChI=1S/C74H138O6/c1-4-7-10-13-16-19-22-25-28-31-34-35-36-37-38-39-41-43-46-49-52-55-58-61-64-67-73(76)79-70-71(69-78-72(75)66-63-60-57-54-51-48-45-42-33-30-27-24-21-18-15-12-9-6-3)80-74(77)68-65-62-59-56-53-50-47-44-40-32-29-26-23-20-17-14-11-8-5-2/h17,20,26,29-30,33,71H,4-16,18-19,21-25,27-28,31-32,34-70H2,1-3H3/b20-17-,29-26-,33-30-. The summed E-state index contributed by atoms with van der Waals surface area (Å²) < 4.78 is 17.0. The Morgan fingerprint density at radius 3 is 0.725 bits per heavy atom. The van der Waals surface area contributed by atoms with E-state index >= 15 is 0 Å². The summed E-state index contributed by atoms with van der Waals surface area (Å²) in [6.45, 7) is 6.69. The summed E-state index contributed by atoms with van der Waals surface area (Å²) in [7, 11) is 0. The fraction of sp³-hybridized carbons (Fsp3) is 0.878. The van der Waals surface area contributed by atoms with E-state index in [2.05, 4.69) is 57.2 Å². The number of carbonyl (C=O) groups is 3. The molecule has 0 rings (SSSR count). The van der Waals surface area contributed by atoms with Crippen LogP contribution in [0.4, 0.5) is 0 Å². The van der Waals surface area contributed by atoms with Gasteiger partial charge in [-0.25, -0.2) is 0 Å². The summed E-state index contributed by atoms with van der Waals surface area (Å²) in [5.41, 5.74) is 0. The second kappa shape index (κ2) is 69.1.